The summed E-state index contributed by atoms with van der Waals surface area (Å²) < 4.78 is 45.8. The first-order chi connectivity index (χ1) is 15.0. The SMILES string of the molecule is Cc1cccc(Cl)c1Oc1nnc(C(F)(F)F)c(C)c1C(=O)Nc1ccc(C(N)=O)cc1. The maximum atomic E-state index is 13.4. The van der Waals surface area contributed by atoms with Crippen molar-refractivity contribution in [2.24, 2.45) is 5.73 Å². The highest BCUT2D eigenvalue weighted by molar-refractivity contribution is 6.32. The van der Waals surface area contributed by atoms with E-state index in [1.807, 2.05) is 0 Å². The lowest BCUT2D eigenvalue weighted by atomic mass is 10.1. The number of nitrogens with two attached hydrogens (primary N) is 1. The van der Waals surface area contributed by atoms with Gasteiger partial charge in [0, 0.05) is 11.3 Å². The summed E-state index contributed by atoms with van der Waals surface area (Å²) in [5, 5.41) is 9.36. The minimum atomic E-state index is -4.84. The number of nitrogens with one attached hydrogen (secondary N) is 1. The van der Waals surface area contributed by atoms with Gasteiger partial charge in [-0.3, -0.25) is 9.59 Å². The van der Waals surface area contributed by atoms with Gasteiger partial charge in [0.15, 0.2) is 11.4 Å². The van der Waals surface area contributed by atoms with Crippen molar-refractivity contribution in [3.05, 3.63) is 75.4 Å². The number of hydrogen-bond acceptors (Lipinski definition) is 5. The first-order valence-electron chi connectivity index (χ1n) is 9.07. The van der Waals surface area contributed by atoms with Crippen LogP contribution >= 0.6 is 11.6 Å². The Morgan fingerprint density at radius 3 is 2.28 bits per heavy atom. The van der Waals surface area contributed by atoms with Crippen LogP contribution in [0.1, 0.15) is 37.5 Å². The maximum absolute atomic E-state index is 13.4. The van der Waals surface area contributed by atoms with Crippen LogP contribution in [0.15, 0.2) is 42.5 Å². The zero-order valence-corrected chi connectivity index (χ0v) is 17.5. The summed E-state index contributed by atoms with van der Waals surface area (Å²) in [5.74, 6) is -1.91. The number of carbonyl (C=O) groups excluding carboxylic acids is 2. The Morgan fingerprint density at radius 2 is 1.72 bits per heavy atom. The third-order valence-electron chi connectivity index (χ3n) is 4.47. The number of amides is 2. The van der Waals surface area contributed by atoms with E-state index in [4.69, 9.17) is 22.1 Å². The van der Waals surface area contributed by atoms with Crippen LogP contribution in [-0.2, 0) is 6.18 Å². The van der Waals surface area contributed by atoms with Gasteiger partial charge in [0.25, 0.3) is 11.8 Å². The average Bonchev–Trinajstić information content (AvgIpc) is 2.70. The molecule has 0 atom stereocenters. The number of anilines is 1. The number of nitrogens with zero attached hydrogens (tertiary/aromatic N) is 2. The van der Waals surface area contributed by atoms with E-state index in [0.717, 1.165) is 6.92 Å². The molecule has 0 radical (unpaired) electrons. The number of carbonyl (C=O) groups is 2. The number of para-hydroxylation sites is 1. The van der Waals surface area contributed by atoms with Crippen LogP contribution in [-0.4, -0.2) is 22.0 Å². The molecule has 3 N–H and O–H groups in total. The molecule has 166 valence electrons. The predicted molar refractivity (Wildman–Crippen MR) is 111 cm³/mol. The van der Waals surface area contributed by atoms with Gasteiger partial charge in [-0.2, -0.15) is 13.2 Å². The molecule has 32 heavy (non-hydrogen) atoms. The Hall–Kier alpha value is -3.66. The Labute approximate surface area is 185 Å². The summed E-state index contributed by atoms with van der Waals surface area (Å²) in [6, 6.07) is 10.3. The normalized spacial score (nSPS) is 11.2. The number of ether oxygens (including phenoxy) is 1. The molecule has 3 rings (SSSR count). The summed E-state index contributed by atoms with van der Waals surface area (Å²) >= 11 is 6.13. The van der Waals surface area contributed by atoms with E-state index in [0.29, 0.717) is 5.56 Å². The molecule has 7 nitrogen and oxygen atoms in total. The molecule has 0 unspecified atom stereocenters. The molecule has 0 aliphatic heterocycles. The Bertz CT molecular complexity index is 1180. The zero-order chi connectivity index (χ0) is 23.6. The number of halogens is 4. The van der Waals surface area contributed by atoms with Crippen molar-refractivity contribution < 1.29 is 27.5 Å². The topological polar surface area (TPSA) is 107 Å². The second-order valence-electron chi connectivity index (χ2n) is 6.74. The fourth-order valence-corrected chi connectivity index (χ4v) is 3.12. The Balaban J connectivity index is 2.06. The van der Waals surface area contributed by atoms with Crippen molar-refractivity contribution in [2.45, 2.75) is 20.0 Å². The summed E-state index contributed by atoms with van der Waals surface area (Å²) in [7, 11) is 0. The molecule has 0 aliphatic rings. The van der Waals surface area contributed by atoms with Gasteiger partial charge in [0.1, 0.15) is 5.56 Å². The number of aromatic nitrogens is 2. The van der Waals surface area contributed by atoms with Crippen LogP contribution in [0.3, 0.4) is 0 Å². The van der Waals surface area contributed by atoms with Crippen LogP contribution in [0.25, 0.3) is 0 Å². The van der Waals surface area contributed by atoms with Crippen molar-refractivity contribution in [3.8, 4) is 11.6 Å². The van der Waals surface area contributed by atoms with Crippen LogP contribution < -0.4 is 15.8 Å². The molecule has 1 heterocycles. The van der Waals surface area contributed by atoms with Gasteiger partial charge in [0.2, 0.25) is 5.91 Å². The molecular formula is C21H16ClF3N4O3. The van der Waals surface area contributed by atoms with Crippen molar-refractivity contribution in [3.63, 3.8) is 0 Å². The van der Waals surface area contributed by atoms with Crippen molar-refractivity contribution >= 4 is 29.1 Å². The molecule has 0 bridgehead atoms. The van der Waals surface area contributed by atoms with Gasteiger partial charge in [-0.05, 0) is 55.3 Å². The number of benzene rings is 2. The van der Waals surface area contributed by atoms with E-state index in [9.17, 15) is 22.8 Å². The third kappa shape index (κ3) is 4.80. The van der Waals surface area contributed by atoms with Gasteiger partial charge >= 0.3 is 6.18 Å². The summed E-state index contributed by atoms with van der Waals surface area (Å²) in [5.41, 5.74) is 3.89. The van der Waals surface area contributed by atoms with E-state index in [1.165, 1.54) is 30.3 Å². The average molecular weight is 465 g/mol. The second kappa shape index (κ2) is 8.83. The number of aryl methyl sites for hydroxylation is 1. The molecule has 0 saturated heterocycles. The number of alkyl halides is 3. The van der Waals surface area contributed by atoms with Crippen LogP contribution in [0.4, 0.5) is 18.9 Å². The Kier molecular flexibility index (Phi) is 6.35. The van der Waals surface area contributed by atoms with Crippen molar-refractivity contribution in [1.29, 1.82) is 0 Å². The first-order valence-corrected chi connectivity index (χ1v) is 9.45. The Morgan fingerprint density at radius 1 is 1.06 bits per heavy atom. The van der Waals surface area contributed by atoms with E-state index < -0.39 is 40.7 Å². The van der Waals surface area contributed by atoms with Crippen molar-refractivity contribution in [2.75, 3.05) is 5.32 Å². The van der Waals surface area contributed by atoms with Crippen LogP contribution in [0, 0.1) is 13.8 Å². The fourth-order valence-electron chi connectivity index (χ4n) is 2.86. The lowest BCUT2D eigenvalue weighted by Gasteiger charge is -2.17. The standard InChI is InChI=1S/C21H16ClF3N4O3/c1-10-4-3-5-14(22)16(10)32-20-15(11(2)17(28-29-20)21(23,24)25)19(31)27-13-8-6-12(7-9-13)18(26)30/h3-9H,1-2H3,(H2,26,30)(H,27,31). The van der Waals surface area contributed by atoms with Crippen molar-refractivity contribution in [1.82, 2.24) is 10.2 Å². The highest BCUT2D eigenvalue weighted by atomic mass is 35.5. The second-order valence-corrected chi connectivity index (χ2v) is 7.14. The molecule has 2 amide bonds. The first kappa shape index (κ1) is 23.0. The number of hydrogen-bond donors (Lipinski definition) is 2. The predicted octanol–water partition coefficient (Wildman–Crippen LogP) is 4.91. The highest BCUT2D eigenvalue weighted by Crippen LogP contribution is 2.37. The maximum Gasteiger partial charge on any atom is 0.435 e. The monoisotopic (exact) mass is 464 g/mol. The smallest absolute Gasteiger partial charge is 0.435 e. The van der Waals surface area contributed by atoms with Gasteiger partial charge in [-0.1, -0.05) is 23.7 Å². The van der Waals surface area contributed by atoms with Crippen LogP contribution in [0.2, 0.25) is 5.02 Å². The molecular weight excluding hydrogens is 449 g/mol. The van der Waals surface area contributed by atoms with Gasteiger partial charge < -0.3 is 15.8 Å². The fraction of sp³-hybridized carbons (Fsp3) is 0.143. The number of rotatable bonds is 5. The summed E-state index contributed by atoms with van der Waals surface area (Å²) in [4.78, 5) is 24.2. The molecule has 0 saturated carbocycles. The van der Waals surface area contributed by atoms with E-state index in [2.05, 4.69) is 15.5 Å². The summed E-state index contributed by atoms with van der Waals surface area (Å²) in [6.45, 7) is 2.76. The van der Waals surface area contributed by atoms with Gasteiger partial charge in [0.05, 0.1) is 5.02 Å². The van der Waals surface area contributed by atoms with E-state index in [1.54, 1.807) is 19.1 Å². The zero-order valence-electron chi connectivity index (χ0n) is 16.7. The lowest BCUT2D eigenvalue weighted by molar-refractivity contribution is -0.142. The highest BCUT2D eigenvalue weighted by Gasteiger charge is 2.38. The minimum absolute atomic E-state index is 0.127. The molecule has 1 aromatic heterocycles. The quantitative estimate of drug-likeness (QED) is 0.558. The minimum Gasteiger partial charge on any atom is -0.435 e. The lowest BCUT2D eigenvalue weighted by Crippen LogP contribution is -2.21. The third-order valence-corrected chi connectivity index (χ3v) is 4.77. The molecule has 0 spiro atoms. The van der Waals surface area contributed by atoms with Gasteiger partial charge in [-0.25, -0.2) is 0 Å². The molecule has 0 aliphatic carbocycles. The largest absolute Gasteiger partial charge is 0.435 e. The van der Waals surface area contributed by atoms with Crippen LogP contribution in [0.5, 0.6) is 11.6 Å². The summed E-state index contributed by atoms with van der Waals surface area (Å²) in [6.07, 6.45) is -4.84. The van der Waals surface area contributed by atoms with Gasteiger partial charge in [-0.15, -0.1) is 10.2 Å². The molecule has 0 fully saturated rings. The van der Waals surface area contributed by atoms with E-state index in [-0.39, 0.29) is 22.0 Å². The van der Waals surface area contributed by atoms with E-state index >= 15 is 0 Å². The molecule has 2 aromatic carbocycles. The number of primary amides is 1. The molecule has 11 heteroatoms. The molecule has 3 aromatic rings.